The van der Waals surface area contributed by atoms with Gasteiger partial charge in [-0.1, -0.05) is 55.1 Å². The number of imide groups is 1. The Morgan fingerprint density at radius 2 is 1.57 bits per heavy atom. The minimum atomic E-state index is -0.822. The maximum absolute atomic E-state index is 13.7. The van der Waals surface area contributed by atoms with Crippen molar-refractivity contribution in [3.8, 4) is 0 Å². The number of benzene rings is 2. The summed E-state index contributed by atoms with van der Waals surface area (Å²) in [7, 11) is 0. The van der Waals surface area contributed by atoms with Gasteiger partial charge in [-0.15, -0.1) is 0 Å². The molecule has 1 heterocycles. The Bertz CT molecular complexity index is 1320. The number of nitrogens with zero attached hydrogens (tertiary/aromatic N) is 3. The zero-order chi connectivity index (χ0) is 26.8. The van der Waals surface area contributed by atoms with Gasteiger partial charge in [-0.25, -0.2) is 5.01 Å². The molecule has 0 radical (unpaired) electrons. The van der Waals surface area contributed by atoms with Crippen LogP contribution in [0.15, 0.2) is 42.5 Å². The number of carbonyl (C=O) groups is 4. The SMILES string of the molecule is O=C(CN(C(=O)c1ccc(Cl)cc1Cl)N1C(=O)[C@@H]2[C@H]3C[C@@H]([C@H](Br)[C@@H]3Br)[C@@H]2C1=O)c1ccc([N+](=O)[O-])cc1. The number of alkyl halides is 2. The number of hydrogen-bond donors (Lipinski definition) is 0. The van der Waals surface area contributed by atoms with Crippen molar-refractivity contribution in [1.29, 1.82) is 0 Å². The van der Waals surface area contributed by atoms with Gasteiger partial charge in [-0.05, 0) is 48.6 Å². The first kappa shape index (κ1) is 26.3. The Hall–Kier alpha value is -2.34. The number of hydrogen-bond acceptors (Lipinski definition) is 6. The number of amides is 3. The van der Waals surface area contributed by atoms with Gasteiger partial charge in [0.15, 0.2) is 5.78 Å². The van der Waals surface area contributed by atoms with Crippen LogP contribution in [-0.2, 0) is 9.59 Å². The quantitative estimate of drug-likeness (QED) is 0.141. The number of ketones is 1. The fourth-order valence-corrected chi connectivity index (χ4v) is 7.97. The van der Waals surface area contributed by atoms with Crippen molar-refractivity contribution >= 4 is 84.3 Å². The molecule has 2 aromatic rings. The van der Waals surface area contributed by atoms with Crippen molar-refractivity contribution in [2.75, 3.05) is 6.54 Å². The van der Waals surface area contributed by atoms with Crippen LogP contribution < -0.4 is 0 Å². The summed E-state index contributed by atoms with van der Waals surface area (Å²) in [6.45, 7) is -0.655. The molecule has 6 atom stereocenters. The van der Waals surface area contributed by atoms with Crippen molar-refractivity contribution < 1.29 is 24.1 Å². The molecule has 37 heavy (non-hydrogen) atoms. The number of nitro groups is 1. The van der Waals surface area contributed by atoms with E-state index >= 15 is 0 Å². The maximum atomic E-state index is 13.7. The van der Waals surface area contributed by atoms with Crippen LogP contribution in [0, 0.1) is 33.8 Å². The third-order valence-corrected chi connectivity index (χ3v) is 11.0. The second-order valence-electron chi connectivity index (χ2n) is 9.21. The molecule has 9 nitrogen and oxygen atoms in total. The van der Waals surface area contributed by atoms with E-state index in [9.17, 15) is 29.3 Å². The zero-order valence-corrected chi connectivity index (χ0v) is 23.4. The lowest BCUT2D eigenvalue weighted by molar-refractivity contribution is -0.384. The molecule has 3 aliphatic rings. The van der Waals surface area contributed by atoms with E-state index < -0.39 is 46.8 Å². The van der Waals surface area contributed by atoms with Crippen molar-refractivity contribution in [2.45, 2.75) is 16.1 Å². The zero-order valence-electron chi connectivity index (χ0n) is 18.7. The topological polar surface area (TPSA) is 118 Å². The molecule has 0 spiro atoms. The average Bonchev–Trinajstić information content (AvgIpc) is 3.47. The Kier molecular flexibility index (Phi) is 6.93. The normalized spacial score (nSPS) is 27.9. The van der Waals surface area contributed by atoms with E-state index in [0.717, 1.165) is 22.2 Å². The summed E-state index contributed by atoms with van der Waals surface area (Å²) in [4.78, 5) is 64.5. The van der Waals surface area contributed by atoms with Gasteiger partial charge >= 0.3 is 0 Å². The van der Waals surface area contributed by atoms with Crippen LogP contribution in [0.4, 0.5) is 5.69 Å². The third-order valence-electron chi connectivity index (χ3n) is 7.29. The minimum absolute atomic E-state index is 0.00736. The monoisotopic (exact) mass is 671 g/mol. The van der Waals surface area contributed by atoms with Crippen molar-refractivity contribution in [2.24, 2.45) is 23.7 Å². The molecular weight excluding hydrogens is 657 g/mol. The summed E-state index contributed by atoms with van der Waals surface area (Å²) in [6.07, 6.45) is 0.700. The molecule has 3 fully saturated rings. The molecule has 0 N–H and O–H groups in total. The first-order chi connectivity index (χ1) is 17.5. The van der Waals surface area contributed by atoms with E-state index in [1.165, 1.54) is 30.3 Å². The number of nitro benzene ring substituents is 1. The van der Waals surface area contributed by atoms with E-state index in [-0.39, 0.29) is 48.3 Å². The lowest BCUT2D eigenvalue weighted by Gasteiger charge is -2.31. The van der Waals surface area contributed by atoms with Crippen LogP contribution in [0.25, 0.3) is 0 Å². The lowest BCUT2D eigenvalue weighted by Crippen LogP contribution is -2.52. The summed E-state index contributed by atoms with van der Waals surface area (Å²) < 4.78 is 0. The van der Waals surface area contributed by atoms with E-state index in [0.29, 0.717) is 6.42 Å². The van der Waals surface area contributed by atoms with Crippen molar-refractivity contribution in [1.82, 2.24) is 10.0 Å². The van der Waals surface area contributed by atoms with Crippen molar-refractivity contribution in [3.63, 3.8) is 0 Å². The third kappa shape index (κ3) is 4.29. The van der Waals surface area contributed by atoms with E-state index in [1.807, 2.05) is 0 Å². The smallest absolute Gasteiger partial charge is 0.274 e. The highest BCUT2D eigenvalue weighted by Gasteiger charge is 2.67. The molecule has 5 rings (SSSR count). The molecule has 13 heteroatoms. The van der Waals surface area contributed by atoms with Crippen LogP contribution >= 0.6 is 55.1 Å². The second-order valence-corrected chi connectivity index (χ2v) is 12.2. The molecule has 2 aliphatic carbocycles. The highest BCUT2D eigenvalue weighted by atomic mass is 79.9. The van der Waals surface area contributed by atoms with Crippen LogP contribution in [0.2, 0.25) is 10.0 Å². The molecule has 1 aliphatic heterocycles. The van der Waals surface area contributed by atoms with Gasteiger partial charge < -0.3 is 0 Å². The van der Waals surface area contributed by atoms with Crippen LogP contribution in [0.3, 0.4) is 0 Å². The fraction of sp³-hybridized carbons (Fsp3) is 0.333. The van der Waals surface area contributed by atoms with Gasteiger partial charge in [0, 0.05) is 32.4 Å². The number of non-ortho nitro benzene ring substituents is 1. The van der Waals surface area contributed by atoms with Gasteiger partial charge in [-0.3, -0.25) is 29.3 Å². The summed E-state index contributed by atoms with van der Waals surface area (Å²) >= 11 is 19.5. The van der Waals surface area contributed by atoms with Crippen LogP contribution in [0.1, 0.15) is 27.1 Å². The number of halogens is 4. The first-order valence-corrected chi connectivity index (χ1v) is 13.8. The summed E-state index contributed by atoms with van der Waals surface area (Å²) in [5.74, 6) is -3.93. The number of carbonyl (C=O) groups excluding carboxylic acids is 4. The standard InChI is InChI=1S/C24H17Br2Cl2N3O6/c25-20-14-8-15(21(20)26)19-18(14)23(34)30(24(19)35)29(22(33)13-6-3-11(27)7-16(13)28)9-17(32)10-1-4-12(5-2-10)31(36)37/h1-7,14-15,18-21H,8-9H2/t14-,15-,18-,19+,20-,21+/m1/s1. The Balaban J connectivity index is 1.51. The summed E-state index contributed by atoms with van der Waals surface area (Å²) in [5, 5.41) is 12.9. The predicted octanol–water partition coefficient (Wildman–Crippen LogP) is 4.92. The highest BCUT2D eigenvalue weighted by Crippen LogP contribution is 2.60. The first-order valence-electron chi connectivity index (χ1n) is 11.2. The Labute approximate surface area is 237 Å². The molecule has 2 bridgehead atoms. The molecule has 192 valence electrons. The average molecular weight is 674 g/mol. The van der Waals surface area contributed by atoms with E-state index in [4.69, 9.17) is 23.2 Å². The van der Waals surface area contributed by atoms with E-state index in [2.05, 4.69) is 31.9 Å². The predicted molar refractivity (Wildman–Crippen MR) is 141 cm³/mol. The van der Waals surface area contributed by atoms with E-state index in [1.54, 1.807) is 0 Å². The van der Waals surface area contributed by atoms with Gasteiger partial charge in [0.2, 0.25) is 0 Å². The number of Topliss-reactive ketones (excluding diaryl/α,β-unsaturated/α-hetero) is 1. The molecule has 2 saturated carbocycles. The van der Waals surface area contributed by atoms with Gasteiger partial charge in [0.05, 0.1) is 27.3 Å². The van der Waals surface area contributed by atoms with Crippen LogP contribution in [-0.4, -0.2) is 54.6 Å². The van der Waals surface area contributed by atoms with Crippen LogP contribution in [0.5, 0.6) is 0 Å². The summed E-state index contributed by atoms with van der Waals surface area (Å²) in [6, 6.07) is 8.98. The molecule has 1 saturated heterocycles. The maximum Gasteiger partial charge on any atom is 0.274 e. The molecule has 3 amide bonds. The van der Waals surface area contributed by atoms with Crippen molar-refractivity contribution in [3.05, 3.63) is 73.8 Å². The Morgan fingerprint density at radius 3 is 2.08 bits per heavy atom. The number of hydrazine groups is 1. The minimum Gasteiger partial charge on any atom is -0.292 e. The largest absolute Gasteiger partial charge is 0.292 e. The molecule has 0 aromatic heterocycles. The van der Waals surface area contributed by atoms with Gasteiger partial charge in [0.25, 0.3) is 23.4 Å². The van der Waals surface area contributed by atoms with Gasteiger partial charge in [-0.2, -0.15) is 5.01 Å². The number of fused-ring (bicyclic) bond motifs is 5. The molecule has 2 aromatic carbocycles. The van der Waals surface area contributed by atoms with Gasteiger partial charge in [0.1, 0.15) is 6.54 Å². The molecule has 0 unspecified atom stereocenters. The molecular formula is C24H17Br2Cl2N3O6. The lowest BCUT2D eigenvalue weighted by atomic mass is 9.81. The number of rotatable bonds is 6. The summed E-state index contributed by atoms with van der Waals surface area (Å²) in [5.41, 5.74) is -0.176. The highest BCUT2D eigenvalue weighted by molar-refractivity contribution is 9.12. The fourth-order valence-electron chi connectivity index (χ4n) is 5.60. The Morgan fingerprint density at radius 1 is 1.00 bits per heavy atom. The second kappa shape index (κ2) is 9.76.